The lowest BCUT2D eigenvalue weighted by Gasteiger charge is -2.32. The fourth-order valence-corrected chi connectivity index (χ4v) is 8.59. The molecule has 2 aliphatic rings. The van der Waals surface area contributed by atoms with Crippen molar-refractivity contribution in [1.82, 2.24) is 25.8 Å². The maximum atomic E-state index is 15.2. The molecule has 1 aromatic heterocycles. The SMILES string of the molecule is CN1C(=O)[C@H](CCCCN)NC(=O)[C@H](CCCN)NCc2cccnc2Sc2c(cc(-c3ccccc3)cc2C(F)(F)F)CNC(=O)[C@@H]1CC1=CCc2ccccc21. The van der Waals surface area contributed by atoms with E-state index in [9.17, 15) is 14.4 Å². The van der Waals surface area contributed by atoms with Crippen molar-refractivity contribution in [2.45, 2.75) is 92.3 Å². The van der Waals surface area contributed by atoms with E-state index in [2.05, 4.69) is 20.9 Å². The molecular formula is C44H50F3N7O3S. The van der Waals surface area contributed by atoms with Crippen molar-refractivity contribution in [2.24, 2.45) is 11.5 Å². The molecule has 0 bridgehead atoms. The highest BCUT2D eigenvalue weighted by molar-refractivity contribution is 7.99. The number of hydrogen-bond acceptors (Lipinski definition) is 8. The molecule has 3 atom stereocenters. The Bertz CT molecular complexity index is 2110. The third kappa shape index (κ3) is 10.3. The van der Waals surface area contributed by atoms with Crippen molar-refractivity contribution in [3.05, 3.63) is 119 Å². The molecule has 3 amide bonds. The topological polar surface area (TPSA) is 155 Å². The van der Waals surface area contributed by atoms with Crippen LogP contribution in [0.4, 0.5) is 13.2 Å². The van der Waals surface area contributed by atoms with Crippen LogP contribution in [-0.4, -0.2) is 65.9 Å². The van der Waals surface area contributed by atoms with E-state index in [0.29, 0.717) is 66.9 Å². The molecule has 0 unspecified atom stereocenters. The highest BCUT2D eigenvalue weighted by Crippen LogP contribution is 2.44. The molecule has 3 aromatic carbocycles. The van der Waals surface area contributed by atoms with Crippen molar-refractivity contribution in [2.75, 3.05) is 20.1 Å². The van der Waals surface area contributed by atoms with Crippen LogP contribution in [0.2, 0.25) is 0 Å². The molecule has 4 aromatic rings. The predicted molar refractivity (Wildman–Crippen MR) is 220 cm³/mol. The van der Waals surface area contributed by atoms with Crippen molar-refractivity contribution in [3.8, 4) is 11.1 Å². The summed E-state index contributed by atoms with van der Waals surface area (Å²) in [6, 6.07) is 20.0. The van der Waals surface area contributed by atoms with E-state index in [-0.39, 0.29) is 36.4 Å². The summed E-state index contributed by atoms with van der Waals surface area (Å²) in [7, 11) is 1.54. The molecule has 1 aliphatic carbocycles. The van der Waals surface area contributed by atoms with Crippen LogP contribution in [0.1, 0.15) is 66.3 Å². The van der Waals surface area contributed by atoms with Gasteiger partial charge in [-0.3, -0.25) is 14.4 Å². The summed E-state index contributed by atoms with van der Waals surface area (Å²) in [5, 5.41) is 9.49. The van der Waals surface area contributed by atoms with Crippen LogP contribution < -0.4 is 27.4 Å². The van der Waals surface area contributed by atoms with Gasteiger partial charge in [0.1, 0.15) is 17.1 Å². The van der Waals surface area contributed by atoms with Crippen LogP contribution in [0.3, 0.4) is 0 Å². The summed E-state index contributed by atoms with van der Waals surface area (Å²) < 4.78 is 45.5. The highest BCUT2D eigenvalue weighted by Gasteiger charge is 2.38. The number of unbranched alkanes of at least 4 members (excludes halogenated alkanes) is 1. The molecule has 2 heterocycles. The minimum atomic E-state index is -4.76. The first-order valence-corrected chi connectivity index (χ1v) is 20.5. The number of aromatic nitrogens is 1. The van der Waals surface area contributed by atoms with Gasteiger partial charge in [0.15, 0.2) is 0 Å². The van der Waals surface area contributed by atoms with Crippen molar-refractivity contribution < 1.29 is 27.6 Å². The lowest BCUT2D eigenvalue weighted by molar-refractivity contribution is -0.142. The van der Waals surface area contributed by atoms with Crippen molar-refractivity contribution in [1.29, 1.82) is 0 Å². The Morgan fingerprint density at radius 1 is 0.810 bits per heavy atom. The van der Waals surface area contributed by atoms with Crippen molar-refractivity contribution >= 4 is 35.1 Å². The van der Waals surface area contributed by atoms with Crippen LogP contribution in [0.5, 0.6) is 0 Å². The number of halogens is 3. The fraction of sp³-hybridized carbons (Fsp3) is 0.364. The first kappa shape index (κ1) is 42.6. The standard InChI is InChI=1S/C44H50F3N7O3S/c1-54-38(25-30-19-18-29-13-5-6-15-34(29)30)41(56)52-27-33-23-32(28-11-3-2-4-12-28)24-35(44(45,46)47)39(33)58-42-31(14-10-22-50-42)26-51-36(17-9-21-49)40(55)53-37(43(54)57)16-7-8-20-48/h2-6,10-15,19,22-24,36-38,51H,7-9,16-18,20-21,25-27,48-49H2,1H3,(H,52,56)(H,53,55)/t36-,37-,38-/m0/s1. The fourth-order valence-electron chi connectivity index (χ4n) is 7.46. The quantitative estimate of drug-likeness (QED) is 0.118. The Kier molecular flexibility index (Phi) is 14.4. The van der Waals surface area contributed by atoms with Crippen LogP contribution in [0.25, 0.3) is 16.7 Å². The second-order valence-electron chi connectivity index (χ2n) is 14.6. The minimum absolute atomic E-state index is 0.0959. The summed E-state index contributed by atoms with van der Waals surface area (Å²) >= 11 is 0.864. The average molecular weight is 814 g/mol. The molecule has 0 radical (unpaired) electrons. The number of nitrogens with zero attached hydrogens (tertiary/aromatic N) is 2. The maximum absolute atomic E-state index is 15.2. The number of hydrogen-bond donors (Lipinski definition) is 5. The third-order valence-electron chi connectivity index (χ3n) is 10.7. The molecule has 14 heteroatoms. The number of allylic oxidation sites excluding steroid dienone is 1. The lowest BCUT2D eigenvalue weighted by atomic mass is 9.97. The number of fused-ring (bicyclic) bond motifs is 3. The largest absolute Gasteiger partial charge is 0.417 e. The molecule has 0 saturated heterocycles. The van der Waals surface area contributed by atoms with Crippen LogP contribution in [0, 0.1) is 0 Å². The van der Waals surface area contributed by atoms with E-state index in [1.807, 2.05) is 30.3 Å². The van der Waals surface area contributed by atoms with E-state index < -0.39 is 47.6 Å². The molecule has 58 heavy (non-hydrogen) atoms. The Morgan fingerprint density at radius 3 is 2.29 bits per heavy atom. The molecule has 1 aliphatic heterocycles. The smallest absolute Gasteiger partial charge is 0.350 e. The highest BCUT2D eigenvalue weighted by atomic mass is 32.2. The van der Waals surface area contributed by atoms with Gasteiger partial charge in [-0.1, -0.05) is 78.5 Å². The zero-order valence-electron chi connectivity index (χ0n) is 32.5. The summed E-state index contributed by atoms with van der Waals surface area (Å²) in [6.45, 7) is 0.549. The molecule has 0 fully saturated rings. The molecular weight excluding hydrogens is 764 g/mol. The number of nitrogens with two attached hydrogens (primary N) is 2. The monoisotopic (exact) mass is 813 g/mol. The first-order valence-electron chi connectivity index (χ1n) is 19.6. The lowest BCUT2D eigenvalue weighted by Crippen LogP contribution is -2.56. The van der Waals surface area contributed by atoms with Gasteiger partial charge in [-0.15, -0.1) is 0 Å². The number of likely N-dealkylation sites (N-methyl/N-ethyl adjacent to an activating group) is 1. The molecule has 6 rings (SSSR count). The Hall–Kier alpha value is -5.02. The molecule has 306 valence electrons. The van der Waals surface area contributed by atoms with E-state index in [1.54, 1.807) is 48.5 Å². The van der Waals surface area contributed by atoms with Crippen LogP contribution >= 0.6 is 11.8 Å². The normalized spacial score (nSPS) is 19.3. The minimum Gasteiger partial charge on any atom is -0.350 e. The van der Waals surface area contributed by atoms with Crippen LogP contribution in [0.15, 0.2) is 101 Å². The number of benzene rings is 3. The summed E-state index contributed by atoms with van der Waals surface area (Å²) in [5.41, 5.74) is 15.4. The van der Waals surface area contributed by atoms with Gasteiger partial charge in [0.25, 0.3) is 0 Å². The molecule has 0 spiro atoms. The maximum Gasteiger partial charge on any atom is 0.417 e. The Morgan fingerprint density at radius 2 is 1.53 bits per heavy atom. The van der Waals surface area contributed by atoms with E-state index in [4.69, 9.17) is 11.5 Å². The second kappa shape index (κ2) is 19.6. The second-order valence-corrected chi connectivity index (χ2v) is 15.6. The predicted octanol–water partition coefficient (Wildman–Crippen LogP) is 6.22. The Labute approximate surface area is 341 Å². The summed E-state index contributed by atoms with van der Waals surface area (Å²) in [4.78, 5) is 48.9. The van der Waals surface area contributed by atoms with Gasteiger partial charge in [0.2, 0.25) is 17.7 Å². The van der Waals surface area contributed by atoms with Gasteiger partial charge < -0.3 is 32.3 Å². The first-order chi connectivity index (χ1) is 28.0. The number of nitrogens with one attached hydrogen (secondary N) is 3. The molecule has 0 saturated carbocycles. The van der Waals surface area contributed by atoms with Gasteiger partial charge in [0, 0.05) is 37.7 Å². The average Bonchev–Trinajstić information content (AvgIpc) is 3.64. The number of carbonyl (C=O) groups is 3. The van der Waals surface area contributed by atoms with Gasteiger partial charge in [-0.05, 0) is 109 Å². The molecule has 10 nitrogen and oxygen atoms in total. The number of rotatable bonds is 10. The van der Waals surface area contributed by atoms with E-state index in [0.717, 1.165) is 34.5 Å². The van der Waals surface area contributed by atoms with Gasteiger partial charge >= 0.3 is 6.18 Å². The summed E-state index contributed by atoms with van der Waals surface area (Å²) in [5.74, 6) is -1.44. The molecule has 7 N–H and O–H groups in total. The van der Waals surface area contributed by atoms with Crippen LogP contribution in [-0.2, 0) is 40.1 Å². The van der Waals surface area contributed by atoms with E-state index >= 15 is 13.2 Å². The third-order valence-corrected chi connectivity index (χ3v) is 11.9. The number of amides is 3. The Balaban J connectivity index is 1.48. The van der Waals surface area contributed by atoms with Gasteiger partial charge in [-0.2, -0.15) is 13.2 Å². The number of alkyl halides is 3. The number of carbonyl (C=O) groups excluding carboxylic acids is 3. The van der Waals surface area contributed by atoms with Crippen molar-refractivity contribution in [3.63, 3.8) is 0 Å². The zero-order valence-corrected chi connectivity index (χ0v) is 33.3. The van der Waals surface area contributed by atoms with Gasteiger partial charge in [0.05, 0.1) is 11.6 Å². The summed E-state index contributed by atoms with van der Waals surface area (Å²) in [6.07, 6.45) is 1.88. The number of pyridine rings is 1. The van der Waals surface area contributed by atoms with Gasteiger partial charge in [-0.25, -0.2) is 4.98 Å². The van der Waals surface area contributed by atoms with E-state index in [1.165, 1.54) is 18.1 Å². The zero-order chi connectivity index (χ0) is 41.2.